The van der Waals surface area contributed by atoms with Crippen LogP contribution in [0.3, 0.4) is 0 Å². The van der Waals surface area contributed by atoms with Gasteiger partial charge in [0.15, 0.2) is 0 Å². The van der Waals surface area contributed by atoms with E-state index in [0.717, 1.165) is 11.1 Å². The summed E-state index contributed by atoms with van der Waals surface area (Å²) in [4.78, 5) is 41.2. The number of amides is 3. The van der Waals surface area contributed by atoms with Crippen LogP contribution in [0.5, 0.6) is 0 Å². The number of hydrogen-bond donors (Lipinski definition) is 3. The Labute approximate surface area is 204 Å². The van der Waals surface area contributed by atoms with E-state index in [1.54, 1.807) is 20.8 Å². The molecule has 0 spiro atoms. The number of rotatable bonds is 7. The van der Waals surface area contributed by atoms with Crippen molar-refractivity contribution in [3.63, 3.8) is 0 Å². The third-order valence-electron chi connectivity index (χ3n) is 4.92. The molecule has 1 rings (SSSR count). The van der Waals surface area contributed by atoms with Gasteiger partial charge in [-0.05, 0) is 85.9 Å². The van der Waals surface area contributed by atoms with Crippen molar-refractivity contribution in [1.82, 2.24) is 15.5 Å². The summed E-state index contributed by atoms with van der Waals surface area (Å²) in [6.07, 6.45) is -0.710. The molecule has 0 fully saturated rings. The molecule has 0 heterocycles. The average molecular weight is 480 g/mol. The van der Waals surface area contributed by atoms with Gasteiger partial charge in [0.05, 0.1) is 0 Å². The highest BCUT2D eigenvalue weighted by atomic mass is 32.1. The number of hydrogen-bond acceptors (Lipinski definition) is 5. The van der Waals surface area contributed by atoms with E-state index in [1.807, 2.05) is 66.7 Å². The van der Waals surface area contributed by atoms with Crippen molar-refractivity contribution in [3.05, 3.63) is 34.9 Å². The van der Waals surface area contributed by atoms with Gasteiger partial charge in [0.1, 0.15) is 17.7 Å². The average Bonchev–Trinajstić information content (AvgIpc) is 2.62. The van der Waals surface area contributed by atoms with Crippen LogP contribution in [-0.2, 0) is 14.3 Å². The first-order valence-electron chi connectivity index (χ1n) is 11.3. The molecule has 1 aromatic carbocycles. The minimum Gasteiger partial charge on any atom is -0.444 e. The van der Waals surface area contributed by atoms with E-state index in [4.69, 9.17) is 4.74 Å². The molecule has 3 amide bonds. The fourth-order valence-corrected chi connectivity index (χ4v) is 3.61. The van der Waals surface area contributed by atoms with E-state index < -0.39 is 35.2 Å². The monoisotopic (exact) mass is 479 g/mol. The summed E-state index contributed by atoms with van der Waals surface area (Å²) in [5.41, 5.74) is 1.38. The number of nitrogens with one attached hydrogen (secondary N) is 2. The van der Waals surface area contributed by atoms with Gasteiger partial charge in [-0.3, -0.25) is 9.59 Å². The van der Waals surface area contributed by atoms with Crippen LogP contribution in [0.15, 0.2) is 18.2 Å². The largest absolute Gasteiger partial charge is 0.444 e. The van der Waals surface area contributed by atoms with E-state index in [9.17, 15) is 14.4 Å². The lowest BCUT2D eigenvalue weighted by Gasteiger charge is -2.43. The van der Waals surface area contributed by atoms with Gasteiger partial charge in [0, 0.05) is 17.3 Å². The molecule has 0 aliphatic carbocycles. The second kappa shape index (κ2) is 11.3. The molecule has 0 saturated carbocycles. The summed E-state index contributed by atoms with van der Waals surface area (Å²) in [6, 6.07) is 3.79. The number of carbonyl (C=O) groups excluding carboxylic acids is 3. The third kappa shape index (κ3) is 8.57. The van der Waals surface area contributed by atoms with Crippen molar-refractivity contribution in [3.8, 4) is 0 Å². The molecular weight excluding hydrogens is 438 g/mol. The zero-order valence-corrected chi connectivity index (χ0v) is 22.6. The van der Waals surface area contributed by atoms with Gasteiger partial charge in [-0.15, -0.1) is 0 Å². The number of ether oxygens (including phenoxy) is 1. The SMILES string of the molecule is Cc1ccc(C(C(=O)NC(C)C)N(C(=O)C(CS)NC(=O)OC(C)(C)C)C(C)(C)C)cc1C. The Kier molecular flexibility index (Phi) is 9.84. The first kappa shape index (κ1) is 28.8. The van der Waals surface area contributed by atoms with E-state index in [1.165, 1.54) is 4.90 Å². The Bertz CT molecular complexity index is 856. The fourth-order valence-electron chi connectivity index (χ4n) is 3.36. The number of aryl methyl sites for hydroxylation is 2. The molecule has 7 nitrogen and oxygen atoms in total. The number of benzene rings is 1. The molecule has 1 aromatic rings. The maximum atomic E-state index is 13.8. The van der Waals surface area contributed by atoms with Crippen LogP contribution in [-0.4, -0.2) is 51.8 Å². The maximum Gasteiger partial charge on any atom is 0.408 e. The van der Waals surface area contributed by atoms with Crippen LogP contribution < -0.4 is 10.6 Å². The first-order valence-corrected chi connectivity index (χ1v) is 11.9. The summed E-state index contributed by atoms with van der Waals surface area (Å²) in [5.74, 6) is -0.645. The molecule has 2 atom stereocenters. The van der Waals surface area contributed by atoms with Crippen molar-refractivity contribution < 1.29 is 19.1 Å². The Morgan fingerprint density at radius 1 is 1.00 bits per heavy atom. The molecule has 2 N–H and O–H groups in total. The summed E-state index contributed by atoms with van der Waals surface area (Å²) < 4.78 is 5.33. The van der Waals surface area contributed by atoms with Crippen LogP contribution in [0.4, 0.5) is 4.79 Å². The van der Waals surface area contributed by atoms with Gasteiger partial charge in [-0.1, -0.05) is 18.2 Å². The van der Waals surface area contributed by atoms with E-state index in [-0.39, 0.29) is 17.7 Å². The fraction of sp³-hybridized carbons (Fsp3) is 0.640. The minimum absolute atomic E-state index is 0.0517. The number of carbonyl (C=O) groups is 3. The van der Waals surface area contributed by atoms with Crippen molar-refractivity contribution >= 4 is 30.5 Å². The molecule has 8 heteroatoms. The predicted octanol–water partition coefficient (Wildman–Crippen LogP) is 4.32. The van der Waals surface area contributed by atoms with Gasteiger partial charge in [0.2, 0.25) is 11.8 Å². The lowest BCUT2D eigenvalue weighted by Crippen LogP contribution is -2.59. The molecule has 0 bridgehead atoms. The van der Waals surface area contributed by atoms with Crippen molar-refractivity contribution in [1.29, 1.82) is 0 Å². The van der Waals surface area contributed by atoms with Crippen LogP contribution in [0.1, 0.15) is 78.1 Å². The van der Waals surface area contributed by atoms with Crippen LogP contribution >= 0.6 is 12.6 Å². The lowest BCUT2D eigenvalue weighted by molar-refractivity contribution is -0.148. The quantitative estimate of drug-likeness (QED) is 0.508. The summed E-state index contributed by atoms with van der Waals surface area (Å²) >= 11 is 4.31. The molecule has 0 radical (unpaired) electrons. The zero-order valence-electron chi connectivity index (χ0n) is 21.7. The standard InChI is InChI=1S/C25H41N3O4S/c1-15(2)26-21(29)20(18-12-11-16(3)17(4)13-18)28(24(5,6)7)22(30)19(14-33)27-23(31)32-25(8,9)10/h11-13,15,19-20,33H,14H2,1-10H3,(H,26,29)(H,27,31). The molecule has 0 aliphatic rings. The predicted molar refractivity (Wildman–Crippen MR) is 136 cm³/mol. The molecule has 186 valence electrons. The normalized spacial score (nSPS) is 13.8. The highest BCUT2D eigenvalue weighted by Crippen LogP contribution is 2.31. The molecule has 0 aromatic heterocycles. The first-order chi connectivity index (χ1) is 15.0. The summed E-state index contributed by atoms with van der Waals surface area (Å²) in [7, 11) is 0. The second-order valence-corrected chi connectivity index (χ2v) is 11.0. The Morgan fingerprint density at radius 2 is 1.58 bits per heavy atom. The number of alkyl carbamates (subject to hydrolysis) is 1. The Hall–Kier alpha value is -2.22. The number of nitrogens with zero attached hydrogens (tertiary/aromatic N) is 1. The third-order valence-corrected chi connectivity index (χ3v) is 5.28. The topological polar surface area (TPSA) is 87.7 Å². The highest BCUT2D eigenvalue weighted by molar-refractivity contribution is 7.80. The Morgan fingerprint density at radius 3 is 2.00 bits per heavy atom. The van der Waals surface area contributed by atoms with Gasteiger partial charge in [-0.25, -0.2) is 4.79 Å². The van der Waals surface area contributed by atoms with Crippen molar-refractivity contribution in [2.24, 2.45) is 0 Å². The van der Waals surface area contributed by atoms with E-state index in [2.05, 4.69) is 23.3 Å². The van der Waals surface area contributed by atoms with Crippen LogP contribution in [0, 0.1) is 13.8 Å². The summed E-state index contributed by atoms with van der Waals surface area (Å²) in [6.45, 7) is 18.6. The van der Waals surface area contributed by atoms with E-state index >= 15 is 0 Å². The van der Waals surface area contributed by atoms with Gasteiger partial charge >= 0.3 is 6.09 Å². The molecule has 2 unspecified atom stereocenters. The molecular formula is C25H41N3O4S. The smallest absolute Gasteiger partial charge is 0.408 e. The van der Waals surface area contributed by atoms with Crippen molar-refractivity contribution in [2.75, 3.05) is 5.75 Å². The molecule has 0 saturated heterocycles. The summed E-state index contributed by atoms with van der Waals surface area (Å²) in [5, 5.41) is 5.57. The zero-order chi connectivity index (χ0) is 25.7. The van der Waals surface area contributed by atoms with Gasteiger partial charge < -0.3 is 20.3 Å². The lowest BCUT2D eigenvalue weighted by atomic mass is 9.93. The highest BCUT2D eigenvalue weighted by Gasteiger charge is 2.41. The number of thiol groups is 1. The van der Waals surface area contributed by atoms with Gasteiger partial charge in [-0.2, -0.15) is 12.6 Å². The van der Waals surface area contributed by atoms with E-state index in [0.29, 0.717) is 5.56 Å². The van der Waals surface area contributed by atoms with Crippen LogP contribution in [0.25, 0.3) is 0 Å². The maximum absolute atomic E-state index is 13.8. The molecule has 0 aliphatic heterocycles. The minimum atomic E-state index is -0.969. The van der Waals surface area contributed by atoms with Crippen LogP contribution in [0.2, 0.25) is 0 Å². The van der Waals surface area contributed by atoms with Gasteiger partial charge in [0.25, 0.3) is 0 Å². The Balaban J connectivity index is 3.50. The second-order valence-electron chi connectivity index (χ2n) is 10.7. The van der Waals surface area contributed by atoms with Crippen molar-refractivity contribution in [2.45, 2.75) is 98.5 Å². The molecule has 33 heavy (non-hydrogen) atoms.